The lowest BCUT2D eigenvalue weighted by atomic mass is 10.0. The van der Waals surface area contributed by atoms with Crippen LogP contribution in [0.1, 0.15) is 37.2 Å². The highest BCUT2D eigenvalue weighted by Gasteiger charge is 2.38. The number of hydrogen-bond donors (Lipinski definition) is 1. The highest BCUT2D eigenvalue weighted by Crippen LogP contribution is 2.29. The zero-order valence-corrected chi connectivity index (χ0v) is 14.5. The molecule has 8 nitrogen and oxygen atoms in total. The highest BCUT2D eigenvalue weighted by molar-refractivity contribution is 5.77. The third-order valence-electron chi connectivity index (χ3n) is 4.43. The number of hydrogen-bond acceptors (Lipinski definition) is 5. The number of rotatable bonds is 6. The SMILES string of the molecule is CC(=O)N[C@@H]1CN(C(=O)CCCn2cncn2)C[C@H]1c1ccc(C)o1. The molecule has 3 heterocycles. The fraction of sp³-hybridized carbons (Fsp3) is 0.529. The molecule has 1 N–H and O–H groups in total. The van der Waals surface area contributed by atoms with Crippen LogP contribution >= 0.6 is 0 Å². The predicted molar refractivity (Wildman–Crippen MR) is 89.6 cm³/mol. The van der Waals surface area contributed by atoms with Crippen molar-refractivity contribution in [1.82, 2.24) is 25.0 Å². The van der Waals surface area contributed by atoms with E-state index in [1.54, 1.807) is 11.0 Å². The minimum Gasteiger partial charge on any atom is -0.466 e. The van der Waals surface area contributed by atoms with E-state index in [1.165, 1.54) is 13.3 Å². The van der Waals surface area contributed by atoms with Crippen molar-refractivity contribution in [3.05, 3.63) is 36.3 Å². The first-order valence-corrected chi connectivity index (χ1v) is 8.46. The van der Waals surface area contributed by atoms with Crippen LogP contribution in [-0.2, 0) is 16.1 Å². The van der Waals surface area contributed by atoms with Crippen LogP contribution < -0.4 is 5.32 Å². The summed E-state index contributed by atoms with van der Waals surface area (Å²) in [6, 6.07) is 3.71. The summed E-state index contributed by atoms with van der Waals surface area (Å²) in [6.07, 6.45) is 4.27. The molecule has 134 valence electrons. The van der Waals surface area contributed by atoms with Gasteiger partial charge >= 0.3 is 0 Å². The number of nitrogens with one attached hydrogen (secondary N) is 1. The predicted octanol–water partition coefficient (Wildman–Crippen LogP) is 1.09. The van der Waals surface area contributed by atoms with E-state index in [0.29, 0.717) is 32.5 Å². The molecule has 1 aliphatic heterocycles. The van der Waals surface area contributed by atoms with Crippen molar-refractivity contribution in [2.24, 2.45) is 0 Å². The van der Waals surface area contributed by atoms with Gasteiger partial charge in [-0.05, 0) is 25.5 Å². The highest BCUT2D eigenvalue weighted by atomic mass is 16.3. The standard InChI is InChI=1S/C17H23N5O3/c1-12-5-6-16(25-12)14-8-21(9-15(14)20-13(2)23)17(24)4-3-7-22-11-18-10-19-22/h5-6,10-11,14-15H,3-4,7-9H2,1-2H3,(H,20,23)/t14-,15-/m1/s1. The summed E-state index contributed by atoms with van der Waals surface area (Å²) in [5, 5.41) is 6.98. The Morgan fingerprint density at radius 3 is 2.84 bits per heavy atom. The number of nitrogens with zero attached hydrogens (tertiary/aromatic N) is 4. The molecule has 0 spiro atoms. The second kappa shape index (κ2) is 7.50. The Labute approximate surface area is 146 Å². The molecule has 2 amide bonds. The third-order valence-corrected chi connectivity index (χ3v) is 4.43. The van der Waals surface area contributed by atoms with Crippen molar-refractivity contribution in [2.45, 2.75) is 45.2 Å². The lowest BCUT2D eigenvalue weighted by molar-refractivity contribution is -0.130. The summed E-state index contributed by atoms with van der Waals surface area (Å²) in [5.41, 5.74) is 0. The minimum absolute atomic E-state index is 0.0168. The first-order valence-electron chi connectivity index (χ1n) is 8.46. The number of aromatic nitrogens is 3. The Hall–Kier alpha value is -2.64. The van der Waals surface area contributed by atoms with E-state index in [9.17, 15) is 9.59 Å². The molecule has 0 aliphatic carbocycles. The first-order chi connectivity index (χ1) is 12.0. The van der Waals surface area contributed by atoms with Gasteiger partial charge in [-0.15, -0.1) is 0 Å². The summed E-state index contributed by atoms with van der Waals surface area (Å²) in [5.74, 6) is 1.61. The van der Waals surface area contributed by atoms with Crippen LogP contribution in [0.3, 0.4) is 0 Å². The van der Waals surface area contributed by atoms with Crippen molar-refractivity contribution >= 4 is 11.8 Å². The molecule has 1 fully saturated rings. The number of carbonyl (C=O) groups excluding carboxylic acids is 2. The van der Waals surface area contributed by atoms with Gasteiger partial charge in [0.15, 0.2) is 0 Å². The zero-order chi connectivity index (χ0) is 17.8. The Kier molecular flexibility index (Phi) is 5.16. The molecule has 0 bridgehead atoms. The van der Waals surface area contributed by atoms with Crippen LogP contribution in [0.5, 0.6) is 0 Å². The van der Waals surface area contributed by atoms with Gasteiger partial charge in [0.25, 0.3) is 0 Å². The fourth-order valence-electron chi connectivity index (χ4n) is 3.25. The Morgan fingerprint density at radius 2 is 2.20 bits per heavy atom. The number of furan rings is 1. The summed E-state index contributed by atoms with van der Waals surface area (Å²) < 4.78 is 7.44. The lowest BCUT2D eigenvalue weighted by Crippen LogP contribution is -2.39. The number of likely N-dealkylation sites (tertiary alicyclic amines) is 1. The van der Waals surface area contributed by atoms with Gasteiger partial charge in [-0.25, -0.2) is 4.98 Å². The topological polar surface area (TPSA) is 93.3 Å². The van der Waals surface area contributed by atoms with Gasteiger partial charge in [0.05, 0.1) is 12.0 Å². The van der Waals surface area contributed by atoms with Gasteiger partial charge in [-0.2, -0.15) is 5.10 Å². The van der Waals surface area contributed by atoms with Crippen LogP contribution in [-0.4, -0.2) is 50.6 Å². The van der Waals surface area contributed by atoms with Crippen molar-refractivity contribution in [3.8, 4) is 0 Å². The maximum Gasteiger partial charge on any atom is 0.222 e. The van der Waals surface area contributed by atoms with Crippen LogP contribution in [0.15, 0.2) is 29.2 Å². The van der Waals surface area contributed by atoms with E-state index >= 15 is 0 Å². The minimum atomic E-state index is -0.123. The van der Waals surface area contributed by atoms with E-state index in [1.807, 2.05) is 24.0 Å². The maximum atomic E-state index is 12.5. The summed E-state index contributed by atoms with van der Waals surface area (Å²) in [6.45, 7) is 5.10. The molecule has 25 heavy (non-hydrogen) atoms. The van der Waals surface area contributed by atoms with Crippen molar-refractivity contribution in [1.29, 1.82) is 0 Å². The van der Waals surface area contributed by atoms with Gasteiger partial charge in [0.1, 0.15) is 24.2 Å². The maximum absolute atomic E-state index is 12.5. The molecule has 2 atom stereocenters. The molecule has 0 radical (unpaired) electrons. The molecule has 8 heteroatoms. The molecule has 0 aromatic carbocycles. The fourth-order valence-corrected chi connectivity index (χ4v) is 3.25. The Bertz CT molecular complexity index is 724. The second-order valence-electron chi connectivity index (χ2n) is 6.42. The van der Waals surface area contributed by atoms with E-state index in [2.05, 4.69) is 15.4 Å². The summed E-state index contributed by atoms with van der Waals surface area (Å²) >= 11 is 0. The molecular formula is C17H23N5O3. The van der Waals surface area contributed by atoms with E-state index in [4.69, 9.17) is 4.42 Å². The van der Waals surface area contributed by atoms with E-state index in [-0.39, 0.29) is 23.8 Å². The quantitative estimate of drug-likeness (QED) is 0.846. The monoisotopic (exact) mass is 345 g/mol. The molecule has 1 saturated heterocycles. The summed E-state index contributed by atoms with van der Waals surface area (Å²) in [4.78, 5) is 29.7. The van der Waals surface area contributed by atoms with Crippen molar-refractivity contribution in [2.75, 3.05) is 13.1 Å². The molecule has 0 saturated carbocycles. The average Bonchev–Trinajstić information content (AvgIpc) is 3.27. The number of carbonyl (C=O) groups is 2. The largest absolute Gasteiger partial charge is 0.466 e. The Morgan fingerprint density at radius 1 is 1.36 bits per heavy atom. The zero-order valence-electron chi connectivity index (χ0n) is 14.5. The van der Waals surface area contributed by atoms with Crippen molar-refractivity contribution < 1.29 is 14.0 Å². The van der Waals surface area contributed by atoms with E-state index in [0.717, 1.165) is 11.5 Å². The lowest BCUT2D eigenvalue weighted by Gasteiger charge is -2.17. The van der Waals surface area contributed by atoms with Crippen LogP contribution in [0.4, 0.5) is 0 Å². The Balaban J connectivity index is 1.59. The van der Waals surface area contributed by atoms with Crippen molar-refractivity contribution in [3.63, 3.8) is 0 Å². The smallest absolute Gasteiger partial charge is 0.222 e. The van der Waals surface area contributed by atoms with Gasteiger partial charge in [0.2, 0.25) is 11.8 Å². The van der Waals surface area contributed by atoms with Crippen LogP contribution in [0.2, 0.25) is 0 Å². The molecule has 0 unspecified atom stereocenters. The van der Waals surface area contributed by atoms with Gasteiger partial charge in [-0.3, -0.25) is 14.3 Å². The molecule has 1 aliphatic rings. The molecular weight excluding hydrogens is 322 g/mol. The van der Waals surface area contributed by atoms with E-state index < -0.39 is 0 Å². The van der Waals surface area contributed by atoms with Gasteiger partial charge < -0.3 is 14.6 Å². The molecule has 3 rings (SSSR count). The van der Waals surface area contributed by atoms with Crippen LogP contribution in [0.25, 0.3) is 0 Å². The average molecular weight is 345 g/mol. The second-order valence-corrected chi connectivity index (χ2v) is 6.42. The third kappa shape index (κ3) is 4.26. The van der Waals surface area contributed by atoms with Gasteiger partial charge in [0, 0.05) is 33.0 Å². The summed E-state index contributed by atoms with van der Waals surface area (Å²) in [7, 11) is 0. The van der Waals surface area contributed by atoms with Crippen LogP contribution in [0, 0.1) is 6.92 Å². The van der Waals surface area contributed by atoms with Gasteiger partial charge in [-0.1, -0.05) is 0 Å². The molecule has 2 aromatic rings. The number of amides is 2. The molecule has 2 aromatic heterocycles. The first kappa shape index (κ1) is 17.2. The normalized spacial score (nSPS) is 20.0. The number of aryl methyl sites for hydroxylation is 2.